The summed E-state index contributed by atoms with van der Waals surface area (Å²) < 4.78 is 0. The van der Waals surface area contributed by atoms with E-state index < -0.39 is 0 Å². The van der Waals surface area contributed by atoms with Crippen molar-refractivity contribution in [2.45, 2.75) is 26.3 Å². The van der Waals surface area contributed by atoms with Gasteiger partial charge in [-0.2, -0.15) is 11.8 Å². The van der Waals surface area contributed by atoms with E-state index in [4.69, 9.17) is 0 Å². The minimum Gasteiger partial charge on any atom is -0.336 e. The first-order chi connectivity index (χ1) is 6.00. The van der Waals surface area contributed by atoms with Crippen molar-refractivity contribution in [2.24, 2.45) is 0 Å². The average molecular weight is 203 g/mol. The van der Waals surface area contributed by atoms with Crippen molar-refractivity contribution in [3.8, 4) is 0 Å². The minimum absolute atomic E-state index is 0.0278. The molecule has 4 heteroatoms. The number of ketones is 1. The number of rotatable bonds is 5. The zero-order chi connectivity index (χ0) is 10.4. The van der Waals surface area contributed by atoms with Crippen LogP contribution < -0.4 is 0 Å². The largest absolute Gasteiger partial charge is 0.336 e. The highest BCUT2D eigenvalue weighted by Crippen LogP contribution is 2.03. The molecule has 0 radical (unpaired) electrons. The van der Waals surface area contributed by atoms with Gasteiger partial charge in [-0.05, 0) is 20.1 Å². The zero-order valence-electron chi connectivity index (χ0n) is 8.66. The maximum absolute atomic E-state index is 11.4. The Bertz CT molecular complexity index is 194. The molecule has 0 bridgehead atoms. The molecule has 0 saturated heterocycles. The fourth-order valence-corrected chi connectivity index (χ4v) is 1.23. The molecule has 0 aromatic heterocycles. The third kappa shape index (κ3) is 4.31. The highest BCUT2D eigenvalue weighted by atomic mass is 32.2. The Morgan fingerprint density at radius 2 is 2.00 bits per heavy atom. The number of carbonyl (C=O) groups is 2. The Morgan fingerprint density at radius 1 is 1.46 bits per heavy atom. The van der Waals surface area contributed by atoms with Gasteiger partial charge in [0, 0.05) is 19.2 Å². The average Bonchev–Trinajstić information content (AvgIpc) is 2.11. The number of likely N-dealkylation sites (N-methyl/N-ethyl adjacent to an activating group) is 1. The fourth-order valence-electron chi connectivity index (χ4n) is 0.854. The maximum atomic E-state index is 11.4. The van der Waals surface area contributed by atoms with Gasteiger partial charge in [0.25, 0.3) is 0 Å². The summed E-state index contributed by atoms with van der Waals surface area (Å²) >= 11 is 1.64. The third-order valence-electron chi connectivity index (χ3n) is 2.08. The van der Waals surface area contributed by atoms with Crippen LogP contribution in [-0.4, -0.2) is 41.7 Å². The Morgan fingerprint density at radius 3 is 2.38 bits per heavy atom. The monoisotopic (exact) mass is 203 g/mol. The third-order valence-corrected chi connectivity index (χ3v) is 2.70. The summed E-state index contributed by atoms with van der Waals surface area (Å²) in [6.45, 7) is 3.25. The molecule has 76 valence electrons. The first-order valence-corrected chi connectivity index (χ1v) is 5.65. The predicted octanol–water partition coefficient (Wildman–Crippen LogP) is 1.18. The number of nitrogens with zero attached hydrogens (tertiary/aromatic N) is 1. The molecule has 0 spiro atoms. The van der Waals surface area contributed by atoms with Gasteiger partial charge >= 0.3 is 0 Å². The number of hydrogen-bond donors (Lipinski definition) is 0. The van der Waals surface area contributed by atoms with Gasteiger partial charge in [-0.1, -0.05) is 0 Å². The molecule has 0 aromatic rings. The highest BCUT2D eigenvalue weighted by molar-refractivity contribution is 7.98. The van der Waals surface area contributed by atoms with Crippen LogP contribution in [0, 0.1) is 0 Å². The molecule has 0 aliphatic heterocycles. The lowest BCUT2D eigenvalue weighted by molar-refractivity contribution is -0.136. The van der Waals surface area contributed by atoms with E-state index in [9.17, 15) is 9.59 Å². The maximum Gasteiger partial charge on any atom is 0.223 e. The van der Waals surface area contributed by atoms with Gasteiger partial charge in [0.2, 0.25) is 5.91 Å². The van der Waals surface area contributed by atoms with Crippen molar-refractivity contribution >= 4 is 23.5 Å². The molecule has 0 aliphatic carbocycles. The molecule has 0 unspecified atom stereocenters. The quantitative estimate of drug-likeness (QED) is 0.673. The van der Waals surface area contributed by atoms with Crippen molar-refractivity contribution in [3.05, 3.63) is 0 Å². The lowest BCUT2D eigenvalue weighted by Crippen LogP contribution is -2.39. The summed E-state index contributed by atoms with van der Waals surface area (Å²) in [5, 5.41) is 0. The molecular formula is C9H17NO2S. The lowest BCUT2D eigenvalue weighted by atomic mass is 10.2. The van der Waals surface area contributed by atoms with Crippen molar-refractivity contribution in [2.75, 3.05) is 19.1 Å². The Hall–Kier alpha value is -0.510. The number of Topliss-reactive ketones (excluding diaryl/α,β-unsaturated/α-hetero) is 1. The molecule has 1 amide bonds. The molecule has 0 aliphatic rings. The van der Waals surface area contributed by atoms with Crippen LogP contribution >= 0.6 is 11.8 Å². The minimum atomic E-state index is -0.297. The number of thioether (sulfide) groups is 1. The first-order valence-electron chi connectivity index (χ1n) is 4.25. The molecule has 1 atom stereocenters. The molecule has 3 nitrogen and oxygen atoms in total. The van der Waals surface area contributed by atoms with Gasteiger partial charge < -0.3 is 4.90 Å². The fraction of sp³-hybridized carbons (Fsp3) is 0.778. The number of hydrogen-bond acceptors (Lipinski definition) is 3. The predicted molar refractivity (Wildman–Crippen MR) is 55.9 cm³/mol. The molecule has 0 N–H and O–H groups in total. The first kappa shape index (κ1) is 12.5. The van der Waals surface area contributed by atoms with E-state index in [0.29, 0.717) is 6.42 Å². The van der Waals surface area contributed by atoms with Gasteiger partial charge in [0.1, 0.15) is 0 Å². The summed E-state index contributed by atoms with van der Waals surface area (Å²) in [5.74, 6) is 0.880. The highest BCUT2D eigenvalue weighted by Gasteiger charge is 2.18. The van der Waals surface area contributed by atoms with Crippen LogP contribution in [0.3, 0.4) is 0 Å². The van der Waals surface area contributed by atoms with Crippen molar-refractivity contribution in [3.63, 3.8) is 0 Å². The molecule has 0 fully saturated rings. The Kier molecular flexibility index (Phi) is 5.79. The van der Waals surface area contributed by atoms with Gasteiger partial charge in [-0.3, -0.25) is 9.59 Å². The van der Waals surface area contributed by atoms with E-state index in [1.165, 1.54) is 11.8 Å². The topological polar surface area (TPSA) is 37.4 Å². The van der Waals surface area contributed by atoms with E-state index in [1.807, 2.05) is 6.26 Å². The molecular weight excluding hydrogens is 186 g/mol. The van der Waals surface area contributed by atoms with Crippen LogP contribution in [0.1, 0.15) is 20.3 Å². The second-order valence-electron chi connectivity index (χ2n) is 3.03. The van der Waals surface area contributed by atoms with E-state index >= 15 is 0 Å². The molecule has 0 rings (SSSR count). The van der Waals surface area contributed by atoms with E-state index in [2.05, 4.69) is 0 Å². The van der Waals surface area contributed by atoms with Crippen LogP contribution in [0.2, 0.25) is 0 Å². The summed E-state index contributed by atoms with van der Waals surface area (Å²) in [7, 11) is 1.68. The van der Waals surface area contributed by atoms with Gasteiger partial charge in [0.05, 0.1) is 6.04 Å². The zero-order valence-corrected chi connectivity index (χ0v) is 9.48. The van der Waals surface area contributed by atoms with Gasteiger partial charge in [-0.15, -0.1) is 0 Å². The van der Waals surface area contributed by atoms with Crippen molar-refractivity contribution < 1.29 is 9.59 Å². The smallest absolute Gasteiger partial charge is 0.223 e. The molecule has 0 saturated carbocycles. The Balaban J connectivity index is 4.01. The molecule has 0 aromatic carbocycles. The standard InChI is InChI=1S/C9H17NO2S/c1-7(8(2)11)10(3)9(12)5-6-13-4/h7H,5-6H2,1-4H3/t7-/m0/s1. The van der Waals surface area contributed by atoms with Crippen molar-refractivity contribution in [1.29, 1.82) is 0 Å². The van der Waals surface area contributed by atoms with Crippen LogP contribution in [-0.2, 0) is 9.59 Å². The summed E-state index contributed by atoms with van der Waals surface area (Å²) in [5.41, 5.74) is 0. The summed E-state index contributed by atoms with van der Waals surface area (Å²) in [6.07, 6.45) is 2.47. The second kappa shape index (κ2) is 6.02. The summed E-state index contributed by atoms with van der Waals surface area (Å²) in [4.78, 5) is 23.9. The van der Waals surface area contributed by atoms with E-state index in [-0.39, 0.29) is 17.7 Å². The number of carbonyl (C=O) groups excluding carboxylic acids is 2. The van der Waals surface area contributed by atoms with E-state index in [0.717, 1.165) is 5.75 Å². The Labute approximate surface area is 83.9 Å². The van der Waals surface area contributed by atoms with Crippen LogP contribution in [0.25, 0.3) is 0 Å². The second-order valence-corrected chi connectivity index (χ2v) is 4.02. The normalized spacial score (nSPS) is 12.3. The van der Waals surface area contributed by atoms with Crippen molar-refractivity contribution in [1.82, 2.24) is 4.90 Å². The van der Waals surface area contributed by atoms with E-state index in [1.54, 1.807) is 25.7 Å². The van der Waals surface area contributed by atoms with Crippen LogP contribution in [0.5, 0.6) is 0 Å². The molecule has 13 heavy (non-hydrogen) atoms. The molecule has 0 heterocycles. The lowest BCUT2D eigenvalue weighted by Gasteiger charge is -2.22. The van der Waals surface area contributed by atoms with Crippen LogP contribution in [0.4, 0.5) is 0 Å². The number of amides is 1. The summed E-state index contributed by atoms with van der Waals surface area (Å²) in [6, 6.07) is -0.297. The van der Waals surface area contributed by atoms with Gasteiger partial charge in [0.15, 0.2) is 5.78 Å². The SMILES string of the molecule is CSCCC(=O)N(C)[C@@H](C)C(C)=O. The van der Waals surface area contributed by atoms with Crippen LogP contribution in [0.15, 0.2) is 0 Å². The van der Waals surface area contributed by atoms with Gasteiger partial charge in [-0.25, -0.2) is 0 Å².